The summed E-state index contributed by atoms with van der Waals surface area (Å²) in [6, 6.07) is 12.0. The minimum atomic E-state index is -0.779. The monoisotopic (exact) mass is 393 g/mol. The molecule has 0 radical (unpaired) electrons. The highest BCUT2D eigenvalue weighted by Crippen LogP contribution is 2.33. The van der Waals surface area contributed by atoms with Crippen LogP contribution in [0.15, 0.2) is 40.2 Å². The van der Waals surface area contributed by atoms with E-state index in [2.05, 4.69) is 18.0 Å². The fraction of sp³-hybridized carbons (Fsp3) is 0.348. The van der Waals surface area contributed by atoms with Crippen molar-refractivity contribution in [3.63, 3.8) is 0 Å². The maximum Gasteiger partial charge on any atom is 0.190 e. The number of rotatable bonds is 7. The van der Waals surface area contributed by atoms with E-state index < -0.39 is 5.25 Å². The van der Waals surface area contributed by atoms with E-state index >= 15 is 0 Å². The molecule has 5 heteroatoms. The number of ketones is 1. The van der Waals surface area contributed by atoms with Gasteiger partial charge in [0.15, 0.2) is 11.0 Å². The van der Waals surface area contributed by atoms with Crippen molar-refractivity contribution >= 4 is 29.6 Å². The summed E-state index contributed by atoms with van der Waals surface area (Å²) in [7, 11) is 1.96. The lowest BCUT2D eigenvalue weighted by Gasteiger charge is -2.15. The molecule has 1 unspecified atom stereocenters. The number of nitriles is 1. The third-order valence-electron chi connectivity index (χ3n) is 4.70. The van der Waals surface area contributed by atoms with Crippen LogP contribution < -0.4 is 0 Å². The van der Waals surface area contributed by atoms with Crippen LogP contribution in [0, 0.1) is 39.0 Å². The first-order valence-electron chi connectivity index (χ1n) is 9.30. The van der Waals surface area contributed by atoms with E-state index in [4.69, 9.17) is 0 Å². The van der Waals surface area contributed by atoms with E-state index in [9.17, 15) is 10.1 Å². The summed E-state index contributed by atoms with van der Waals surface area (Å²) in [6.07, 6.45) is 1.79. The average Bonchev–Trinajstić information content (AvgIpc) is 2.67. The van der Waals surface area contributed by atoms with Gasteiger partial charge in [-0.1, -0.05) is 30.0 Å². The highest BCUT2D eigenvalue weighted by molar-refractivity contribution is 8.01. The van der Waals surface area contributed by atoms with Crippen molar-refractivity contribution in [3.05, 3.63) is 58.1 Å². The molecule has 1 atom stereocenters. The largest absolute Gasteiger partial charge is 0.366 e. The molecule has 0 spiro atoms. The Balaban J connectivity index is 2.33. The summed E-state index contributed by atoms with van der Waals surface area (Å²) in [6.45, 7) is 10.8. The van der Waals surface area contributed by atoms with Gasteiger partial charge in [-0.3, -0.25) is 4.79 Å². The van der Waals surface area contributed by atoms with E-state index in [0.717, 1.165) is 39.4 Å². The normalized spacial score (nSPS) is 12.0. The molecule has 0 fully saturated rings. The minimum Gasteiger partial charge on any atom is -0.366 e. The van der Waals surface area contributed by atoms with E-state index in [1.54, 1.807) is 6.34 Å². The van der Waals surface area contributed by atoms with Gasteiger partial charge in [0.25, 0.3) is 0 Å². The Labute approximate surface area is 172 Å². The molecular formula is C23H27N3OS. The van der Waals surface area contributed by atoms with Gasteiger partial charge in [-0.15, -0.1) is 0 Å². The van der Waals surface area contributed by atoms with Gasteiger partial charge in [0, 0.05) is 24.1 Å². The number of benzene rings is 2. The molecular weight excluding hydrogens is 366 g/mol. The number of Topliss-reactive ketones (excluding diaryl/α,β-unsaturated/α-hetero) is 1. The van der Waals surface area contributed by atoms with Crippen LogP contribution in [0.3, 0.4) is 0 Å². The molecule has 0 bridgehead atoms. The summed E-state index contributed by atoms with van der Waals surface area (Å²) < 4.78 is 0. The van der Waals surface area contributed by atoms with E-state index in [1.165, 1.54) is 11.8 Å². The standard InChI is InChI=1S/C23H27N3OS/c1-7-26(6)14-25-20-12-17(4)19(11-18(20)5)22(27)21(13-24)28-23-15(2)9-8-10-16(23)3/h8-12,14,21H,7H2,1-6H3/b25-14-. The smallest absolute Gasteiger partial charge is 0.190 e. The number of carbonyl (C=O) groups excluding carboxylic acids is 1. The van der Waals surface area contributed by atoms with Crippen molar-refractivity contribution in [1.82, 2.24) is 4.90 Å². The summed E-state index contributed by atoms with van der Waals surface area (Å²) in [5.74, 6) is -0.156. The van der Waals surface area contributed by atoms with Gasteiger partial charge in [0.05, 0.1) is 18.1 Å². The summed E-state index contributed by atoms with van der Waals surface area (Å²) >= 11 is 1.33. The van der Waals surface area contributed by atoms with Crippen LogP contribution in [0.2, 0.25) is 0 Å². The van der Waals surface area contributed by atoms with E-state index in [-0.39, 0.29) is 5.78 Å². The van der Waals surface area contributed by atoms with Gasteiger partial charge in [0.2, 0.25) is 0 Å². The zero-order chi connectivity index (χ0) is 20.8. The predicted octanol–water partition coefficient (Wildman–Crippen LogP) is 5.40. The van der Waals surface area contributed by atoms with Crippen LogP contribution >= 0.6 is 11.8 Å². The Hall–Kier alpha value is -2.58. The van der Waals surface area contributed by atoms with Crippen LogP contribution in [0.5, 0.6) is 0 Å². The highest BCUT2D eigenvalue weighted by Gasteiger charge is 2.24. The number of carbonyl (C=O) groups is 1. The summed E-state index contributed by atoms with van der Waals surface area (Å²) in [5.41, 5.74) is 5.34. The average molecular weight is 394 g/mol. The molecule has 0 saturated carbocycles. The Morgan fingerprint density at radius 3 is 2.39 bits per heavy atom. The summed E-state index contributed by atoms with van der Waals surface area (Å²) in [4.78, 5) is 20.6. The molecule has 0 aliphatic heterocycles. The second-order valence-corrected chi connectivity index (χ2v) is 8.10. The lowest BCUT2D eigenvalue weighted by molar-refractivity contribution is 0.100. The molecule has 0 amide bonds. The van der Waals surface area contributed by atoms with Gasteiger partial charge in [-0.25, -0.2) is 4.99 Å². The minimum absolute atomic E-state index is 0.156. The maximum atomic E-state index is 13.1. The number of aryl methyl sites for hydroxylation is 4. The zero-order valence-electron chi connectivity index (χ0n) is 17.4. The molecule has 28 heavy (non-hydrogen) atoms. The lowest BCUT2D eigenvalue weighted by atomic mass is 9.99. The fourth-order valence-corrected chi connectivity index (χ4v) is 3.86. The van der Waals surface area contributed by atoms with Gasteiger partial charge in [-0.2, -0.15) is 5.26 Å². The molecule has 4 nitrogen and oxygen atoms in total. The third-order valence-corrected chi connectivity index (χ3v) is 6.14. The topological polar surface area (TPSA) is 56.5 Å². The first-order valence-corrected chi connectivity index (χ1v) is 10.2. The molecule has 2 aromatic rings. The van der Waals surface area contributed by atoms with Crippen molar-refractivity contribution in [2.24, 2.45) is 4.99 Å². The van der Waals surface area contributed by atoms with Crippen molar-refractivity contribution in [2.45, 2.75) is 44.8 Å². The molecule has 0 heterocycles. The SMILES string of the molecule is CCN(C)/C=N\c1cc(C)c(C(=O)C(C#N)Sc2c(C)cccc2C)cc1C. The number of hydrogen-bond donors (Lipinski definition) is 0. The third kappa shape index (κ3) is 5.02. The molecule has 0 N–H and O–H groups in total. The summed E-state index contributed by atoms with van der Waals surface area (Å²) in [5, 5.41) is 8.89. The fourth-order valence-electron chi connectivity index (χ4n) is 2.83. The van der Waals surface area contributed by atoms with Gasteiger partial charge in [0.1, 0.15) is 0 Å². The van der Waals surface area contributed by atoms with Gasteiger partial charge >= 0.3 is 0 Å². The van der Waals surface area contributed by atoms with Crippen molar-refractivity contribution < 1.29 is 4.79 Å². The van der Waals surface area contributed by atoms with E-state index in [0.29, 0.717) is 5.56 Å². The van der Waals surface area contributed by atoms with Crippen LogP contribution in [-0.4, -0.2) is 35.9 Å². The Morgan fingerprint density at radius 2 is 1.82 bits per heavy atom. The number of thioether (sulfide) groups is 1. The van der Waals surface area contributed by atoms with Crippen molar-refractivity contribution in [2.75, 3.05) is 13.6 Å². The molecule has 0 aromatic heterocycles. The Morgan fingerprint density at radius 1 is 1.18 bits per heavy atom. The van der Waals surface area contributed by atoms with Crippen LogP contribution in [0.1, 0.15) is 39.5 Å². The Bertz CT molecular complexity index is 923. The van der Waals surface area contributed by atoms with Crippen LogP contribution in [0.4, 0.5) is 5.69 Å². The second-order valence-electron chi connectivity index (χ2n) is 6.98. The maximum absolute atomic E-state index is 13.1. The number of nitrogens with zero attached hydrogens (tertiary/aromatic N) is 3. The van der Waals surface area contributed by atoms with Gasteiger partial charge < -0.3 is 4.90 Å². The van der Waals surface area contributed by atoms with Crippen molar-refractivity contribution in [3.8, 4) is 6.07 Å². The zero-order valence-corrected chi connectivity index (χ0v) is 18.2. The molecule has 146 valence electrons. The first-order chi connectivity index (χ1) is 13.3. The molecule has 2 aromatic carbocycles. The van der Waals surface area contributed by atoms with Crippen LogP contribution in [-0.2, 0) is 0 Å². The lowest BCUT2D eigenvalue weighted by Crippen LogP contribution is -2.17. The molecule has 0 saturated heterocycles. The Kier molecular flexibility index (Phi) is 7.42. The number of aliphatic imine (C=N–C) groups is 1. The predicted molar refractivity (Wildman–Crippen MR) is 118 cm³/mol. The van der Waals surface area contributed by atoms with Gasteiger partial charge in [-0.05, 0) is 69.0 Å². The van der Waals surface area contributed by atoms with Crippen LogP contribution in [0.25, 0.3) is 0 Å². The highest BCUT2D eigenvalue weighted by atomic mass is 32.2. The second kappa shape index (κ2) is 9.57. The molecule has 0 aliphatic carbocycles. The quantitative estimate of drug-likeness (QED) is 0.273. The van der Waals surface area contributed by atoms with E-state index in [1.807, 2.05) is 70.0 Å². The first kappa shape index (κ1) is 21.7. The molecule has 0 aliphatic rings. The number of hydrogen-bond acceptors (Lipinski definition) is 4. The van der Waals surface area contributed by atoms with Crippen molar-refractivity contribution in [1.29, 1.82) is 5.26 Å². The molecule has 2 rings (SSSR count).